The minimum Gasteiger partial charge on any atom is -0.491 e. The fraction of sp³-hybridized carbons (Fsp3) is 0.389. The summed E-state index contributed by atoms with van der Waals surface area (Å²) in [4.78, 5) is 8.57. The standard InChI is InChI=1S/C18H21N5O2/c1-23-18-16(10-22-23)17(20-12-21-18)19-9-13-4-2-5-14(8-13)25-11-15-6-3-7-24-15/h2,4-5,8,10,12,15H,3,6-7,9,11H2,1H3,(H,19,20,21). The average Bonchev–Trinajstić information content (AvgIpc) is 3.29. The van der Waals surface area contributed by atoms with Crippen LogP contribution in [-0.2, 0) is 18.3 Å². The van der Waals surface area contributed by atoms with Gasteiger partial charge in [-0.25, -0.2) is 9.97 Å². The van der Waals surface area contributed by atoms with Gasteiger partial charge in [0, 0.05) is 20.2 Å². The van der Waals surface area contributed by atoms with Gasteiger partial charge >= 0.3 is 0 Å². The van der Waals surface area contributed by atoms with E-state index in [9.17, 15) is 0 Å². The highest BCUT2D eigenvalue weighted by atomic mass is 16.5. The van der Waals surface area contributed by atoms with Crippen molar-refractivity contribution in [2.24, 2.45) is 7.05 Å². The van der Waals surface area contributed by atoms with Gasteiger partial charge in [0.1, 0.15) is 24.5 Å². The Hall–Kier alpha value is -2.67. The first kappa shape index (κ1) is 15.8. The van der Waals surface area contributed by atoms with E-state index in [2.05, 4.69) is 26.4 Å². The maximum atomic E-state index is 5.86. The first-order valence-electron chi connectivity index (χ1n) is 8.49. The van der Waals surface area contributed by atoms with E-state index in [1.807, 2.05) is 25.2 Å². The van der Waals surface area contributed by atoms with Gasteiger partial charge in [-0.2, -0.15) is 5.10 Å². The highest BCUT2D eigenvalue weighted by Crippen LogP contribution is 2.20. The number of ether oxygens (including phenoxy) is 2. The molecule has 0 amide bonds. The number of aryl methyl sites for hydroxylation is 1. The fourth-order valence-electron chi connectivity index (χ4n) is 3.00. The third-order valence-corrected chi connectivity index (χ3v) is 4.35. The summed E-state index contributed by atoms with van der Waals surface area (Å²) in [6.45, 7) is 2.11. The topological polar surface area (TPSA) is 74.1 Å². The van der Waals surface area contributed by atoms with Crippen LogP contribution in [0, 0.1) is 0 Å². The summed E-state index contributed by atoms with van der Waals surface area (Å²) in [5, 5.41) is 8.50. The van der Waals surface area contributed by atoms with E-state index in [0.717, 1.165) is 47.6 Å². The van der Waals surface area contributed by atoms with E-state index in [0.29, 0.717) is 13.2 Å². The molecule has 0 saturated carbocycles. The molecule has 0 bridgehead atoms. The Kier molecular flexibility index (Phi) is 4.47. The molecule has 1 fully saturated rings. The van der Waals surface area contributed by atoms with Crippen molar-refractivity contribution in [3.8, 4) is 5.75 Å². The molecule has 1 atom stereocenters. The number of fused-ring (bicyclic) bond motifs is 1. The summed E-state index contributed by atoms with van der Waals surface area (Å²) in [5.74, 6) is 1.65. The van der Waals surface area contributed by atoms with Crippen molar-refractivity contribution in [1.29, 1.82) is 0 Å². The summed E-state index contributed by atoms with van der Waals surface area (Å²) < 4.78 is 13.2. The zero-order chi connectivity index (χ0) is 17.1. The molecule has 3 heterocycles. The van der Waals surface area contributed by atoms with Crippen LogP contribution < -0.4 is 10.1 Å². The van der Waals surface area contributed by atoms with Gasteiger partial charge in [0.25, 0.3) is 0 Å². The van der Waals surface area contributed by atoms with Crippen LogP contribution in [0.2, 0.25) is 0 Å². The number of nitrogens with zero attached hydrogens (tertiary/aromatic N) is 4. The van der Waals surface area contributed by atoms with Crippen molar-refractivity contribution in [3.63, 3.8) is 0 Å². The molecule has 4 rings (SSSR count). The molecule has 7 nitrogen and oxygen atoms in total. The third-order valence-electron chi connectivity index (χ3n) is 4.35. The van der Waals surface area contributed by atoms with Crippen molar-refractivity contribution in [2.45, 2.75) is 25.5 Å². The molecule has 2 aromatic heterocycles. The van der Waals surface area contributed by atoms with Gasteiger partial charge in [0.2, 0.25) is 0 Å². The Morgan fingerprint density at radius 2 is 2.32 bits per heavy atom. The molecule has 130 valence electrons. The third kappa shape index (κ3) is 3.56. The maximum Gasteiger partial charge on any atom is 0.163 e. The van der Waals surface area contributed by atoms with Crippen molar-refractivity contribution in [1.82, 2.24) is 19.7 Å². The minimum absolute atomic E-state index is 0.224. The Morgan fingerprint density at radius 3 is 3.20 bits per heavy atom. The highest BCUT2D eigenvalue weighted by molar-refractivity contribution is 5.85. The molecule has 7 heteroatoms. The Morgan fingerprint density at radius 1 is 1.36 bits per heavy atom. The minimum atomic E-state index is 0.224. The molecule has 3 aromatic rings. The van der Waals surface area contributed by atoms with E-state index < -0.39 is 0 Å². The predicted octanol–water partition coefficient (Wildman–Crippen LogP) is 2.53. The summed E-state index contributed by atoms with van der Waals surface area (Å²) in [6, 6.07) is 8.08. The monoisotopic (exact) mass is 339 g/mol. The van der Waals surface area contributed by atoms with Crippen LogP contribution in [0.5, 0.6) is 5.75 Å². The molecule has 1 aliphatic heterocycles. The zero-order valence-corrected chi connectivity index (χ0v) is 14.2. The van der Waals surface area contributed by atoms with Crippen molar-refractivity contribution < 1.29 is 9.47 Å². The Balaban J connectivity index is 1.41. The number of aromatic nitrogens is 4. The van der Waals surface area contributed by atoms with Crippen molar-refractivity contribution >= 4 is 16.9 Å². The van der Waals surface area contributed by atoms with Crippen molar-refractivity contribution in [2.75, 3.05) is 18.5 Å². The van der Waals surface area contributed by atoms with Crippen LogP contribution in [0.4, 0.5) is 5.82 Å². The van der Waals surface area contributed by atoms with E-state index in [-0.39, 0.29) is 6.10 Å². The Bertz CT molecular complexity index is 858. The second-order valence-electron chi connectivity index (χ2n) is 6.17. The van der Waals surface area contributed by atoms with Crippen molar-refractivity contribution in [3.05, 3.63) is 42.4 Å². The van der Waals surface area contributed by atoms with Gasteiger partial charge in [-0.05, 0) is 30.5 Å². The molecule has 25 heavy (non-hydrogen) atoms. The number of benzene rings is 1. The molecular weight excluding hydrogens is 318 g/mol. The predicted molar refractivity (Wildman–Crippen MR) is 94.5 cm³/mol. The van der Waals surface area contributed by atoms with Crippen LogP contribution in [0.25, 0.3) is 11.0 Å². The van der Waals surface area contributed by atoms with Gasteiger partial charge in [-0.15, -0.1) is 0 Å². The van der Waals surface area contributed by atoms with Gasteiger partial charge < -0.3 is 14.8 Å². The SMILES string of the molecule is Cn1ncc2c(NCc3cccc(OCC4CCCO4)c3)ncnc21. The van der Waals surface area contributed by atoms with Gasteiger partial charge in [-0.3, -0.25) is 4.68 Å². The smallest absolute Gasteiger partial charge is 0.163 e. The number of rotatable bonds is 6. The van der Waals surface area contributed by atoms with Crippen LogP contribution in [-0.4, -0.2) is 39.1 Å². The van der Waals surface area contributed by atoms with Crippen LogP contribution in [0.15, 0.2) is 36.8 Å². The van der Waals surface area contributed by atoms with Crippen LogP contribution >= 0.6 is 0 Å². The molecular formula is C18H21N5O2. The lowest BCUT2D eigenvalue weighted by Crippen LogP contribution is -2.16. The maximum absolute atomic E-state index is 5.86. The zero-order valence-electron chi connectivity index (χ0n) is 14.2. The van der Waals surface area contributed by atoms with Gasteiger partial charge in [0.05, 0.1) is 17.7 Å². The number of anilines is 1. The molecule has 0 spiro atoms. The number of hydrogen-bond donors (Lipinski definition) is 1. The molecule has 1 aromatic carbocycles. The summed E-state index contributed by atoms with van der Waals surface area (Å²) in [7, 11) is 1.87. The largest absolute Gasteiger partial charge is 0.491 e. The lowest BCUT2D eigenvalue weighted by Gasteiger charge is -2.12. The van der Waals surface area contributed by atoms with Gasteiger partial charge in [-0.1, -0.05) is 12.1 Å². The molecule has 1 unspecified atom stereocenters. The first-order valence-corrected chi connectivity index (χ1v) is 8.49. The summed E-state index contributed by atoms with van der Waals surface area (Å²) >= 11 is 0. The number of hydrogen-bond acceptors (Lipinski definition) is 6. The normalized spacial score (nSPS) is 17.1. The lowest BCUT2D eigenvalue weighted by atomic mass is 10.2. The number of nitrogens with one attached hydrogen (secondary N) is 1. The van der Waals surface area contributed by atoms with E-state index in [1.165, 1.54) is 0 Å². The lowest BCUT2D eigenvalue weighted by molar-refractivity contribution is 0.0679. The van der Waals surface area contributed by atoms with Gasteiger partial charge in [0.15, 0.2) is 5.65 Å². The quantitative estimate of drug-likeness (QED) is 0.744. The second-order valence-corrected chi connectivity index (χ2v) is 6.17. The first-order chi connectivity index (χ1) is 12.3. The van der Waals surface area contributed by atoms with E-state index in [4.69, 9.17) is 9.47 Å². The molecule has 0 radical (unpaired) electrons. The average molecular weight is 339 g/mol. The van der Waals surface area contributed by atoms with Crippen LogP contribution in [0.1, 0.15) is 18.4 Å². The highest BCUT2D eigenvalue weighted by Gasteiger charge is 2.16. The summed E-state index contributed by atoms with van der Waals surface area (Å²) in [5.41, 5.74) is 1.94. The molecule has 0 aliphatic carbocycles. The van der Waals surface area contributed by atoms with E-state index in [1.54, 1.807) is 17.2 Å². The van der Waals surface area contributed by atoms with E-state index >= 15 is 0 Å². The van der Waals surface area contributed by atoms with Crippen LogP contribution in [0.3, 0.4) is 0 Å². The molecule has 1 saturated heterocycles. The Labute approximate surface area is 146 Å². The second kappa shape index (κ2) is 7.06. The molecule has 1 aliphatic rings. The fourth-order valence-corrected chi connectivity index (χ4v) is 3.00. The molecule has 1 N–H and O–H groups in total. The summed E-state index contributed by atoms with van der Waals surface area (Å²) in [6.07, 6.45) is 5.75.